The second kappa shape index (κ2) is 11.6. The molecule has 13 nitrogen and oxygen atoms in total. The van der Waals surface area contributed by atoms with Gasteiger partial charge in [-0.1, -0.05) is 0 Å². The average Bonchev–Trinajstić information content (AvgIpc) is 3.51. The van der Waals surface area contributed by atoms with Crippen LogP contribution >= 0.6 is 0 Å². The summed E-state index contributed by atoms with van der Waals surface area (Å²) < 4.78 is 25.6. The minimum Gasteiger partial charge on any atom is -0.489 e. The zero-order chi connectivity index (χ0) is 33.0. The van der Waals surface area contributed by atoms with E-state index in [0.29, 0.717) is 30.2 Å². The lowest BCUT2D eigenvalue weighted by atomic mass is 9.53. The summed E-state index contributed by atoms with van der Waals surface area (Å²) in [5, 5.41) is 17.3. The van der Waals surface area contributed by atoms with Gasteiger partial charge in [0.15, 0.2) is 5.69 Å². The fourth-order valence-electron chi connectivity index (χ4n) is 6.43. The van der Waals surface area contributed by atoms with E-state index < -0.39 is 23.3 Å². The van der Waals surface area contributed by atoms with E-state index in [2.05, 4.69) is 15.4 Å². The molecule has 0 bridgehead atoms. The molecule has 0 atom stereocenters. The maximum Gasteiger partial charge on any atom is 0.438 e. The third kappa shape index (κ3) is 6.55. The Hall–Kier alpha value is -4.13. The monoisotopic (exact) mass is 637 g/mol. The summed E-state index contributed by atoms with van der Waals surface area (Å²) in [5.74, 6) is 0.209. The van der Waals surface area contributed by atoms with Gasteiger partial charge in [-0.2, -0.15) is 5.10 Å². The molecule has 3 fully saturated rings. The molecule has 1 spiro atoms. The lowest BCUT2D eigenvalue weighted by molar-refractivity contribution is -0.0860. The molecule has 1 amide bonds. The number of hydrogen-bond acceptors (Lipinski definition) is 10. The summed E-state index contributed by atoms with van der Waals surface area (Å²) in [5.41, 5.74) is 0.445. The lowest BCUT2D eigenvalue weighted by Gasteiger charge is -2.57. The number of pyridine rings is 1. The Morgan fingerprint density at radius 1 is 1.09 bits per heavy atom. The third-order valence-electron chi connectivity index (χ3n) is 8.55. The topological polar surface area (TPSA) is 156 Å². The van der Waals surface area contributed by atoms with Gasteiger partial charge in [-0.15, -0.1) is 4.68 Å². The van der Waals surface area contributed by atoms with Crippen LogP contribution in [0.15, 0.2) is 24.7 Å². The molecule has 0 unspecified atom stereocenters. The second-order valence-corrected chi connectivity index (χ2v) is 14.5. The Bertz CT molecular complexity index is 1640. The molecular formula is C33H43N5O8. The van der Waals surface area contributed by atoms with Crippen LogP contribution in [0.1, 0.15) is 113 Å². The van der Waals surface area contributed by atoms with Gasteiger partial charge in [0.1, 0.15) is 36.0 Å². The fourth-order valence-corrected chi connectivity index (χ4v) is 6.43. The van der Waals surface area contributed by atoms with Crippen molar-refractivity contribution < 1.29 is 38.4 Å². The number of ether oxygens (including phenoxy) is 4. The maximum absolute atomic E-state index is 13.3. The molecule has 3 aromatic heterocycles. The highest BCUT2D eigenvalue weighted by Crippen LogP contribution is 2.57. The smallest absolute Gasteiger partial charge is 0.438 e. The summed E-state index contributed by atoms with van der Waals surface area (Å²) in [6, 6.07) is 3.71. The molecule has 3 aromatic rings. The largest absolute Gasteiger partial charge is 0.489 e. The number of amides is 1. The van der Waals surface area contributed by atoms with Gasteiger partial charge in [0.05, 0.1) is 29.6 Å². The van der Waals surface area contributed by atoms with Gasteiger partial charge in [-0.05, 0) is 97.6 Å². The van der Waals surface area contributed by atoms with E-state index in [0.717, 1.165) is 41.6 Å². The average molecular weight is 638 g/mol. The van der Waals surface area contributed by atoms with Crippen LogP contribution in [0.25, 0.3) is 5.52 Å². The molecular weight excluding hydrogens is 594 g/mol. The van der Waals surface area contributed by atoms with Gasteiger partial charge >= 0.3 is 12.1 Å². The van der Waals surface area contributed by atoms with Crippen LogP contribution in [0.5, 0.6) is 11.6 Å². The second-order valence-electron chi connectivity index (χ2n) is 14.5. The van der Waals surface area contributed by atoms with Crippen molar-refractivity contribution in [1.82, 2.24) is 24.5 Å². The van der Waals surface area contributed by atoms with E-state index in [-0.39, 0.29) is 48.1 Å². The Morgan fingerprint density at radius 3 is 2.43 bits per heavy atom. The molecule has 0 radical (unpaired) electrons. The number of fused-ring (bicyclic) bond motifs is 1. The van der Waals surface area contributed by atoms with Crippen LogP contribution < -0.4 is 14.8 Å². The van der Waals surface area contributed by atoms with E-state index in [9.17, 15) is 19.5 Å². The van der Waals surface area contributed by atoms with Gasteiger partial charge < -0.3 is 29.4 Å². The first-order chi connectivity index (χ1) is 21.7. The van der Waals surface area contributed by atoms with Gasteiger partial charge in [0.25, 0.3) is 5.91 Å². The molecule has 6 rings (SSSR count). The van der Waals surface area contributed by atoms with Gasteiger partial charge in [0.2, 0.25) is 5.88 Å². The van der Waals surface area contributed by atoms with Crippen LogP contribution in [-0.2, 0) is 9.47 Å². The van der Waals surface area contributed by atoms with Crippen molar-refractivity contribution in [3.05, 3.63) is 41.6 Å². The predicted octanol–water partition coefficient (Wildman–Crippen LogP) is 4.64. The molecule has 3 aliphatic carbocycles. The van der Waals surface area contributed by atoms with E-state index in [4.69, 9.17) is 18.9 Å². The molecule has 0 saturated heterocycles. The molecule has 3 saturated carbocycles. The Balaban J connectivity index is 1.07. The van der Waals surface area contributed by atoms with Crippen molar-refractivity contribution in [3.8, 4) is 11.6 Å². The van der Waals surface area contributed by atoms with Crippen LogP contribution in [0.4, 0.5) is 4.79 Å². The number of aromatic nitrogens is 4. The minimum atomic E-state index is -0.962. The Kier molecular flexibility index (Phi) is 8.02. The van der Waals surface area contributed by atoms with Gasteiger partial charge in [-0.3, -0.25) is 9.20 Å². The molecule has 46 heavy (non-hydrogen) atoms. The number of nitrogens with zero attached hydrogens (tertiary/aromatic N) is 4. The zero-order valence-electron chi connectivity index (χ0n) is 27.3. The van der Waals surface area contributed by atoms with Gasteiger partial charge in [-0.25, -0.2) is 14.6 Å². The number of hydrogen-bond donors (Lipinski definition) is 2. The lowest BCUT2D eigenvalue weighted by Crippen LogP contribution is -2.59. The number of nitrogens with one attached hydrogen (secondary N) is 1. The highest BCUT2D eigenvalue weighted by molar-refractivity contribution is 5.99. The van der Waals surface area contributed by atoms with Crippen molar-refractivity contribution in [1.29, 1.82) is 0 Å². The normalized spacial score (nSPS) is 22.6. The third-order valence-corrected chi connectivity index (χ3v) is 8.55. The molecule has 248 valence electrons. The van der Waals surface area contributed by atoms with E-state index in [1.54, 1.807) is 47.9 Å². The first-order valence-electron chi connectivity index (χ1n) is 16.0. The summed E-state index contributed by atoms with van der Waals surface area (Å²) in [6.07, 6.45) is 7.07. The molecule has 0 aromatic carbocycles. The number of rotatable bonds is 10. The summed E-state index contributed by atoms with van der Waals surface area (Å²) >= 11 is 0. The minimum absolute atomic E-state index is 0.00452. The quantitative estimate of drug-likeness (QED) is 0.301. The van der Waals surface area contributed by atoms with Crippen LogP contribution in [-0.4, -0.2) is 78.8 Å². The van der Waals surface area contributed by atoms with Crippen molar-refractivity contribution >= 4 is 23.5 Å². The van der Waals surface area contributed by atoms with E-state index in [1.807, 2.05) is 16.5 Å². The Labute approximate surface area is 267 Å². The zero-order valence-corrected chi connectivity index (χ0v) is 27.3. The predicted molar refractivity (Wildman–Crippen MR) is 165 cm³/mol. The SMILES string of the molecule is CCOC(=O)c1cnn(C(=O)OC(C)(C)C)c1OC1CC2(CC(NC(=O)c3ncn4c(C5CC5)c(OCC(C)(C)O)ccc34)C2)C1. The maximum atomic E-state index is 13.3. The summed E-state index contributed by atoms with van der Waals surface area (Å²) in [6.45, 7) is 10.7. The first kappa shape index (κ1) is 31.8. The first-order valence-corrected chi connectivity index (χ1v) is 16.0. The summed E-state index contributed by atoms with van der Waals surface area (Å²) in [4.78, 5) is 43.2. The number of aliphatic hydroxyl groups is 1. The molecule has 3 heterocycles. The van der Waals surface area contributed by atoms with Crippen LogP contribution in [0.3, 0.4) is 0 Å². The Morgan fingerprint density at radius 2 is 1.80 bits per heavy atom. The number of imidazole rings is 1. The van der Waals surface area contributed by atoms with E-state index in [1.165, 1.54) is 6.20 Å². The van der Waals surface area contributed by atoms with Crippen LogP contribution in [0, 0.1) is 5.41 Å². The van der Waals surface area contributed by atoms with Crippen molar-refractivity contribution in [3.63, 3.8) is 0 Å². The number of carbonyl (C=O) groups is 3. The number of esters is 1. The molecule has 0 aliphatic heterocycles. The standard InChI is InChI=1S/C33H43N5O8/c1-7-43-29(40)22-16-35-38(30(41)46-31(2,3)4)28(22)45-21-14-33(15-21)12-20(13-33)36-27(39)25-23-10-11-24(44-17-32(5,6)42)26(19-8-9-19)37(23)18-34-25/h10-11,16,18-21,42H,7-9,12-15,17H2,1-6H3,(H,36,39). The highest BCUT2D eigenvalue weighted by atomic mass is 16.6. The molecule has 3 aliphatic rings. The van der Waals surface area contributed by atoms with Crippen molar-refractivity contribution in [2.75, 3.05) is 13.2 Å². The van der Waals surface area contributed by atoms with Gasteiger partial charge in [0, 0.05) is 12.0 Å². The fraction of sp³-hybridized carbons (Fsp3) is 0.606. The van der Waals surface area contributed by atoms with Crippen LogP contribution in [0.2, 0.25) is 0 Å². The summed E-state index contributed by atoms with van der Waals surface area (Å²) in [7, 11) is 0. The molecule has 13 heteroatoms. The molecule has 2 N–H and O–H groups in total. The van der Waals surface area contributed by atoms with Crippen molar-refractivity contribution in [2.45, 2.75) is 109 Å². The van der Waals surface area contributed by atoms with Crippen molar-refractivity contribution in [2.24, 2.45) is 5.41 Å². The van der Waals surface area contributed by atoms with E-state index >= 15 is 0 Å². The number of carbonyl (C=O) groups excluding carboxylic acids is 3. The highest BCUT2D eigenvalue weighted by Gasteiger charge is 2.55.